The fourth-order valence-electron chi connectivity index (χ4n) is 4.11. The molecule has 0 aliphatic carbocycles. The van der Waals surface area contributed by atoms with Crippen LogP contribution in [0.15, 0.2) is 87.1 Å². The summed E-state index contributed by atoms with van der Waals surface area (Å²) in [6.07, 6.45) is -3.20. The maximum atomic E-state index is 13.4. The van der Waals surface area contributed by atoms with Gasteiger partial charge in [0.25, 0.3) is 5.91 Å². The quantitative estimate of drug-likeness (QED) is 0.276. The predicted molar refractivity (Wildman–Crippen MR) is 147 cm³/mol. The first kappa shape index (κ1) is 28.9. The normalized spacial score (nSPS) is 15.4. The molecule has 2 heterocycles. The predicted octanol–water partition coefficient (Wildman–Crippen LogP) is 6.97. The summed E-state index contributed by atoms with van der Waals surface area (Å²) < 4.78 is 45.1. The molecule has 7 nitrogen and oxygen atoms in total. The van der Waals surface area contributed by atoms with Crippen molar-refractivity contribution in [1.82, 2.24) is 5.32 Å². The molecule has 3 aromatic rings. The third-order valence-corrected chi connectivity index (χ3v) is 7.48. The van der Waals surface area contributed by atoms with Crippen molar-refractivity contribution in [3.63, 3.8) is 0 Å². The minimum atomic E-state index is -4.58. The number of benzene rings is 2. The molecule has 0 fully saturated rings. The average Bonchev–Trinajstić information content (AvgIpc) is 3.44. The van der Waals surface area contributed by atoms with Gasteiger partial charge in [-0.3, -0.25) is 9.59 Å². The second-order valence-electron chi connectivity index (χ2n) is 8.75. The Labute approximate surface area is 237 Å². The topological polar surface area (TPSA) is 107 Å². The fourth-order valence-corrected chi connectivity index (χ4v) is 5.17. The Morgan fingerprint density at radius 1 is 1.12 bits per heavy atom. The maximum Gasteiger partial charge on any atom is 0.416 e. The second kappa shape index (κ2) is 11.9. The van der Waals surface area contributed by atoms with Gasteiger partial charge in [0.1, 0.15) is 5.76 Å². The molecule has 0 unspecified atom stereocenters. The van der Waals surface area contributed by atoms with Crippen molar-refractivity contribution < 1.29 is 27.2 Å². The minimum absolute atomic E-state index is 0.0611. The van der Waals surface area contributed by atoms with Gasteiger partial charge in [0, 0.05) is 22.1 Å². The van der Waals surface area contributed by atoms with Gasteiger partial charge in [-0.05, 0) is 61.9 Å². The van der Waals surface area contributed by atoms with E-state index in [1.54, 1.807) is 44.2 Å². The molecule has 40 heavy (non-hydrogen) atoms. The van der Waals surface area contributed by atoms with E-state index in [9.17, 15) is 28.0 Å². The number of nitrogens with zero attached hydrogens (tertiary/aromatic N) is 1. The van der Waals surface area contributed by atoms with Crippen molar-refractivity contribution in [3.8, 4) is 6.07 Å². The summed E-state index contributed by atoms with van der Waals surface area (Å²) >= 11 is 7.19. The van der Waals surface area contributed by atoms with Crippen molar-refractivity contribution in [2.45, 2.75) is 25.9 Å². The lowest BCUT2D eigenvalue weighted by Gasteiger charge is -2.28. The number of hydrogen-bond acceptors (Lipinski definition) is 6. The van der Waals surface area contributed by atoms with Crippen molar-refractivity contribution >= 4 is 46.6 Å². The first-order valence-corrected chi connectivity index (χ1v) is 13.2. The van der Waals surface area contributed by atoms with Gasteiger partial charge >= 0.3 is 6.18 Å². The SMILES string of the molecule is CC1=C(C(=O)Nc2cccc(C(F)(F)F)c2)[C@H](c2ccco2)C(C#N)=C(SCC(=O)Nc2cccc(Cl)c2C)N1. The number of carbonyl (C=O) groups excluding carboxylic acids is 2. The fraction of sp³-hybridized carbons (Fsp3) is 0.179. The van der Waals surface area contributed by atoms with Crippen molar-refractivity contribution in [2.24, 2.45) is 0 Å². The van der Waals surface area contributed by atoms with E-state index in [4.69, 9.17) is 16.0 Å². The number of allylic oxidation sites excluding steroid dienone is 2. The molecule has 206 valence electrons. The third kappa shape index (κ3) is 6.35. The van der Waals surface area contributed by atoms with Gasteiger partial charge in [-0.1, -0.05) is 35.5 Å². The summed E-state index contributed by atoms with van der Waals surface area (Å²) in [5.74, 6) is -1.80. The molecule has 1 atom stereocenters. The van der Waals surface area contributed by atoms with Gasteiger partial charge < -0.3 is 20.4 Å². The first-order valence-electron chi connectivity index (χ1n) is 11.8. The summed E-state index contributed by atoms with van der Waals surface area (Å²) in [5.41, 5.74) is 0.847. The molecule has 3 N–H and O–H groups in total. The molecule has 12 heteroatoms. The molecular formula is C28H22ClF3N4O3S. The summed E-state index contributed by atoms with van der Waals surface area (Å²) in [6, 6.07) is 14.7. The summed E-state index contributed by atoms with van der Waals surface area (Å²) in [4.78, 5) is 26.1. The first-order chi connectivity index (χ1) is 19.0. The van der Waals surface area contributed by atoms with Crippen molar-refractivity contribution in [1.29, 1.82) is 5.26 Å². The Morgan fingerprint density at radius 2 is 1.88 bits per heavy atom. The number of thioether (sulfide) groups is 1. The van der Waals surface area contributed by atoms with Crippen LogP contribution in [0.5, 0.6) is 0 Å². The lowest BCUT2D eigenvalue weighted by Crippen LogP contribution is -2.31. The van der Waals surface area contributed by atoms with Crippen LogP contribution in [0.2, 0.25) is 5.02 Å². The van der Waals surface area contributed by atoms with Crippen LogP contribution >= 0.6 is 23.4 Å². The number of alkyl halides is 3. The number of dihydropyridines is 1. The van der Waals surface area contributed by atoms with E-state index in [1.165, 1.54) is 18.4 Å². The monoisotopic (exact) mass is 586 g/mol. The maximum absolute atomic E-state index is 13.4. The van der Waals surface area contributed by atoms with E-state index in [2.05, 4.69) is 22.0 Å². The number of hydrogen-bond donors (Lipinski definition) is 3. The standard InChI is InChI=1S/C28H22ClF3N4O3S/c1-15-20(29)8-4-9-21(15)36-23(37)14-40-27-19(13-33)25(22-10-5-11-39-22)24(16(2)34-27)26(38)35-18-7-3-6-17(12-18)28(30,31)32/h3-12,25,34H,14H2,1-2H3,(H,35,38)(H,36,37)/t25-/m0/s1. The molecule has 0 bridgehead atoms. The van der Waals surface area contributed by atoms with Crippen LogP contribution in [0.4, 0.5) is 24.5 Å². The second-order valence-corrected chi connectivity index (χ2v) is 10.1. The summed E-state index contributed by atoms with van der Waals surface area (Å²) in [7, 11) is 0. The Bertz CT molecular complexity index is 1560. The number of rotatable bonds is 7. The van der Waals surface area contributed by atoms with Gasteiger partial charge in [-0.2, -0.15) is 18.4 Å². The number of amides is 2. The Balaban J connectivity index is 1.59. The van der Waals surface area contributed by atoms with Gasteiger partial charge in [-0.15, -0.1) is 0 Å². The van der Waals surface area contributed by atoms with Crippen molar-refractivity contribution in [3.05, 3.63) is 105 Å². The van der Waals surface area contributed by atoms with E-state index in [1.807, 2.05) is 0 Å². The number of anilines is 2. The smallest absolute Gasteiger partial charge is 0.416 e. The number of carbonyl (C=O) groups is 2. The lowest BCUT2D eigenvalue weighted by molar-refractivity contribution is -0.137. The van der Waals surface area contributed by atoms with E-state index in [0.29, 0.717) is 27.0 Å². The number of nitrogens with one attached hydrogen (secondary N) is 3. The Hall–Kier alpha value is -4.14. The minimum Gasteiger partial charge on any atom is -0.468 e. The molecule has 2 aromatic carbocycles. The van der Waals surface area contributed by atoms with Crippen LogP contribution < -0.4 is 16.0 Å². The van der Waals surface area contributed by atoms with E-state index in [0.717, 1.165) is 23.9 Å². The van der Waals surface area contributed by atoms with E-state index in [-0.39, 0.29) is 34.3 Å². The molecule has 0 saturated carbocycles. The molecule has 1 aliphatic rings. The number of furan rings is 1. The third-order valence-electron chi connectivity index (χ3n) is 6.06. The number of halogens is 4. The molecule has 1 aromatic heterocycles. The van der Waals surface area contributed by atoms with Crippen LogP contribution in [0, 0.1) is 18.3 Å². The highest BCUT2D eigenvalue weighted by Gasteiger charge is 2.37. The van der Waals surface area contributed by atoms with Gasteiger partial charge in [0.05, 0.1) is 45.7 Å². The lowest BCUT2D eigenvalue weighted by atomic mass is 9.85. The highest BCUT2D eigenvalue weighted by atomic mass is 35.5. The van der Waals surface area contributed by atoms with E-state index < -0.39 is 23.6 Å². The summed E-state index contributed by atoms with van der Waals surface area (Å²) in [6.45, 7) is 3.37. The highest BCUT2D eigenvalue weighted by molar-refractivity contribution is 8.03. The van der Waals surface area contributed by atoms with Crippen LogP contribution in [-0.2, 0) is 15.8 Å². The van der Waals surface area contributed by atoms with Crippen LogP contribution in [-0.4, -0.2) is 17.6 Å². The van der Waals surface area contributed by atoms with Gasteiger partial charge in [0.15, 0.2) is 0 Å². The molecule has 1 aliphatic heterocycles. The molecular weight excluding hydrogens is 565 g/mol. The zero-order chi connectivity index (χ0) is 29.0. The van der Waals surface area contributed by atoms with E-state index >= 15 is 0 Å². The Morgan fingerprint density at radius 3 is 2.55 bits per heavy atom. The average molecular weight is 587 g/mol. The Kier molecular flexibility index (Phi) is 8.61. The van der Waals surface area contributed by atoms with Gasteiger partial charge in [-0.25, -0.2) is 0 Å². The largest absolute Gasteiger partial charge is 0.468 e. The zero-order valence-corrected chi connectivity index (χ0v) is 22.7. The molecule has 0 radical (unpaired) electrons. The molecule has 4 rings (SSSR count). The van der Waals surface area contributed by atoms with Crippen LogP contribution in [0.1, 0.15) is 29.7 Å². The molecule has 2 amide bonds. The van der Waals surface area contributed by atoms with Crippen LogP contribution in [0.3, 0.4) is 0 Å². The molecule has 0 saturated heterocycles. The summed E-state index contributed by atoms with van der Waals surface area (Å²) in [5, 5.41) is 19.3. The molecule has 0 spiro atoms. The van der Waals surface area contributed by atoms with Crippen molar-refractivity contribution in [2.75, 3.05) is 16.4 Å². The zero-order valence-electron chi connectivity index (χ0n) is 21.2. The highest BCUT2D eigenvalue weighted by Crippen LogP contribution is 2.41. The number of nitriles is 1. The van der Waals surface area contributed by atoms with Gasteiger partial charge in [0.2, 0.25) is 5.91 Å². The van der Waals surface area contributed by atoms with Crippen LogP contribution in [0.25, 0.3) is 0 Å².